The van der Waals surface area contributed by atoms with Gasteiger partial charge in [0.2, 0.25) is 5.82 Å². The van der Waals surface area contributed by atoms with E-state index in [2.05, 4.69) is 39.9 Å². The zero-order chi connectivity index (χ0) is 24.7. The van der Waals surface area contributed by atoms with Gasteiger partial charge in [0.25, 0.3) is 0 Å². The molecule has 0 aliphatic carbocycles. The second kappa shape index (κ2) is 9.05. The molecule has 1 aliphatic rings. The number of nitrogens with zero attached hydrogens (tertiary/aromatic N) is 3. The van der Waals surface area contributed by atoms with Gasteiger partial charge in [-0.3, -0.25) is 0 Å². The molecular formula is C24H30F4N6. The van der Waals surface area contributed by atoms with Gasteiger partial charge in [-0.2, -0.15) is 27.2 Å². The van der Waals surface area contributed by atoms with Crippen molar-refractivity contribution in [1.29, 1.82) is 0 Å². The Morgan fingerprint density at radius 1 is 1.24 bits per heavy atom. The highest BCUT2D eigenvalue weighted by Gasteiger charge is 2.33. The van der Waals surface area contributed by atoms with Crippen molar-refractivity contribution in [1.82, 2.24) is 19.9 Å². The summed E-state index contributed by atoms with van der Waals surface area (Å²) in [6.45, 7) is 8.63. The van der Waals surface area contributed by atoms with Gasteiger partial charge in [0.1, 0.15) is 0 Å². The van der Waals surface area contributed by atoms with E-state index >= 15 is 4.39 Å². The lowest BCUT2D eigenvalue weighted by Gasteiger charge is -2.36. The number of fused-ring (bicyclic) bond motifs is 1. The summed E-state index contributed by atoms with van der Waals surface area (Å²) in [5.41, 5.74) is 0.567. The van der Waals surface area contributed by atoms with E-state index in [1.54, 1.807) is 6.20 Å². The van der Waals surface area contributed by atoms with E-state index in [1.807, 2.05) is 13.8 Å². The van der Waals surface area contributed by atoms with Gasteiger partial charge in [0.15, 0.2) is 17.3 Å². The second-order valence-corrected chi connectivity index (χ2v) is 9.77. The van der Waals surface area contributed by atoms with Gasteiger partial charge in [0.05, 0.1) is 11.8 Å². The van der Waals surface area contributed by atoms with Gasteiger partial charge < -0.3 is 16.0 Å². The third-order valence-corrected chi connectivity index (χ3v) is 6.29. The molecule has 184 valence electrons. The lowest BCUT2D eigenvalue weighted by Crippen LogP contribution is -2.50. The first kappa shape index (κ1) is 24.3. The summed E-state index contributed by atoms with van der Waals surface area (Å²) in [4.78, 5) is 4.53. The van der Waals surface area contributed by atoms with Crippen LogP contribution in [0, 0.1) is 5.82 Å². The lowest BCUT2D eigenvalue weighted by atomic mass is 9.91. The Morgan fingerprint density at radius 3 is 2.62 bits per heavy atom. The smallest absolute Gasteiger partial charge is 0.363 e. The van der Waals surface area contributed by atoms with Crippen LogP contribution in [-0.4, -0.2) is 32.7 Å². The SMILES string of the molecule is CC(C)c1cnn2c(NCc3ccccc3C(F)(F)F)c(F)c(N[C@@H]3CCC(C)(C)NC3)nc12. The fourth-order valence-corrected chi connectivity index (χ4v) is 4.22. The normalized spacial score (nSPS) is 18.4. The minimum atomic E-state index is -4.50. The van der Waals surface area contributed by atoms with Crippen molar-refractivity contribution < 1.29 is 17.6 Å². The molecular weight excluding hydrogens is 448 g/mol. The van der Waals surface area contributed by atoms with Gasteiger partial charge in [-0.05, 0) is 44.2 Å². The van der Waals surface area contributed by atoms with Gasteiger partial charge in [-0.15, -0.1) is 0 Å². The Morgan fingerprint density at radius 2 is 1.97 bits per heavy atom. The van der Waals surface area contributed by atoms with E-state index in [9.17, 15) is 13.2 Å². The fraction of sp³-hybridized carbons (Fsp3) is 0.500. The summed E-state index contributed by atoms with van der Waals surface area (Å²) in [7, 11) is 0. The molecule has 3 N–H and O–H groups in total. The van der Waals surface area contributed by atoms with E-state index in [0.717, 1.165) is 24.5 Å². The largest absolute Gasteiger partial charge is 0.416 e. The maximum absolute atomic E-state index is 15.7. The molecule has 34 heavy (non-hydrogen) atoms. The first-order valence-electron chi connectivity index (χ1n) is 11.4. The van der Waals surface area contributed by atoms with Crippen LogP contribution < -0.4 is 16.0 Å². The predicted molar refractivity (Wildman–Crippen MR) is 125 cm³/mol. The van der Waals surface area contributed by atoms with Crippen LogP contribution in [0.4, 0.5) is 29.2 Å². The van der Waals surface area contributed by atoms with E-state index in [0.29, 0.717) is 12.2 Å². The highest BCUT2D eigenvalue weighted by molar-refractivity contribution is 5.62. The summed E-state index contributed by atoms with van der Waals surface area (Å²) < 4.78 is 57.3. The van der Waals surface area contributed by atoms with Crippen molar-refractivity contribution >= 4 is 17.3 Å². The van der Waals surface area contributed by atoms with Crippen LogP contribution in [0.1, 0.15) is 63.1 Å². The van der Waals surface area contributed by atoms with Crippen molar-refractivity contribution in [3.05, 3.63) is 53.0 Å². The topological polar surface area (TPSA) is 66.3 Å². The molecule has 6 nitrogen and oxygen atoms in total. The van der Waals surface area contributed by atoms with Crippen molar-refractivity contribution in [3.63, 3.8) is 0 Å². The zero-order valence-electron chi connectivity index (χ0n) is 19.7. The molecule has 1 atom stereocenters. The molecule has 3 heterocycles. The van der Waals surface area contributed by atoms with Gasteiger partial charge in [-0.1, -0.05) is 32.0 Å². The molecule has 1 aliphatic heterocycles. The minimum Gasteiger partial charge on any atom is -0.363 e. The Labute approximate surface area is 196 Å². The summed E-state index contributed by atoms with van der Waals surface area (Å²) >= 11 is 0. The summed E-state index contributed by atoms with van der Waals surface area (Å²) in [5.74, 6) is -0.562. The molecule has 0 bridgehead atoms. The number of hydrogen-bond donors (Lipinski definition) is 3. The first-order valence-corrected chi connectivity index (χ1v) is 11.4. The van der Waals surface area contributed by atoms with Crippen LogP contribution in [-0.2, 0) is 12.7 Å². The average molecular weight is 479 g/mol. The Bertz CT molecular complexity index is 1160. The maximum Gasteiger partial charge on any atom is 0.416 e. The number of piperidine rings is 1. The number of alkyl halides is 3. The number of anilines is 2. The molecule has 3 aromatic rings. The highest BCUT2D eigenvalue weighted by Crippen LogP contribution is 2.33. The van der Waals surface area contributed by atoms with Crippen molar-refractivity contribution in [3.8, 4) is 0 Å². The van der Waals surface area contributed by atoms with Crippen molar-refractivity contribution in [2.75, 3.05) is 17.2 Å². The number of hydrogen-bond acceptors (Lipinski definition) is 5. The van der Waals surface area contributed by atoms with Crippen LogP contribution in [0.5, 0.6) is 0 Å². The minimum absolute atomic E-state index is 0.0168. The van der Waals surface area contributed by atoms with Crippen molar-refractivity contribution in [2.24, 2.45) is 0 Å². The monoisotopic (exact) mass is 478 g/mol. The predicted octanol–water partition coefficient (Wildman–Crippen LogP) is 5.57. The Kier molecular flexibility index (Phi) is 6.46. The highest BCUT2D eigenvalue weighted by atomic mass is 19.4. The van der Waals surface area contributed by atoms with Crippen LogP contribution in [0.25, 0.3) is 5.65 Å². The van der Waals surface area contributed by atoms with Gasteiger partial charge in [0, 0.05) is 30.2 Å². The van der Waals surface area contributed by atoms with E-state index in [-0.39, 0.29) is 41.2 Å². The molecule has 0 radical (unpaired) electrons. The standard InChI is InChI=1S/C24H30F4N6/c1-14(2)17-13-31-34-21(17)33-20(32-16-9-10-23(3,4)30-12-16)19(25)22(34)29-11-15-7-5-6-8-18(15)24(26,27)28/h5-8,13-14,16,29-30H,9-12H2,1-4H3,(H,32,33)/t16-/m1/s1. The third kappa shape index (κ3) is 4.96. The zero-order valence-corrected chi connectivity index (χ0v) is 19.7. The summed E-state index contributed by atoms with van der Waals surface area (Å²) in [6, 6.07) is 5.23. The molecule has 0 amide bonds. The third-order valence-electron chi connectivity index (χ3n) is 6.29. The molecule has 0 saturated carbocycles. The number of rotatable bonds is 6. The molecule has 10 heteroatoms. The van der Waals surface area contributed by atoms with Crippen LogP contribution >= 0.6 is 0 Å². The second-order valence-electron chi connectivity index (χ2n) is 9.77. The van der Waals surface area contributed by atoms with Gasteiger partial charge >= 0.3 is 6.18 Å². The molecule has 1 saturated heterocycles. The number of aromatic nitrogens is 3. The van der Waals surface area contributed by atoms with E-state index < -0.39 is 17.6 Å². The quantitative estimate of drug-likeness (QED) is 0.405. The van der Waals surface area contributed by atoms with Crippen LogP contribution in [0.2, 0.25) is 0 Å². The first-order chi connectivity index (χ1) is 16.0. The molecule has 2 aromatic heterocycles. The number of nitrogens with one attached hydrogen (secondary N) is 3. The van der Waals surface area contributed by atoms with Crippen LogP contribution in [0.15, 0.2) is 30.5 Å². The average Bonchev–Trinajstić information content (AvgIpc) is 3.18. The summed E-state index contributed by atoms with van der Waals surface area (Å²) in [5, 5.41) is 13.8. The van der Waals surface area contributed by atoms with Gasteiger partial charge in [-0.25, -0.2) is 4.98 Å². The number of benzene rings is 1. The summed E-state index contributed by atoms with van der Waals surface area (Å²) in [6.07, 6.45) is -1.13. The number of halogens is 4. The molecule has 0 unspecified atom stereocenters. The maximum atomic E-state index is 15.7. The van der Waals surface area contributed by atoms with Crippen LogP contribution in [0.3, 0.4) is 0 Å². The van der Waals surface area contributed by atoms with E-state index in [1.165, 1.54) is 22.7 Å². The Balaban J connectivity index is 1.69. The van der Waals surface area contributed by atoms with E-state index in [4.69, 9.17) is 0 Å². The molecule has 0 spiro atoms. The Hall–Kier alpha value is -2.88. The molecule has 1 aromatic carbocycles. The van der Waals surface area contributed by atoms with Crippen molar-refractivity contribution in [2.45, 2.75) is 70.8 Å². The fourth-order valence-electron chi connectivity index (χ4n) is 4.22. The molecule has 4 rings (SSSR count). The molecule has 1 fully saturated rings. The lowest BCUT2D eigenvalue weighted by molar-refractivity contribution is -0.138.